The summed E-state index contributed by atoms with van der Waals surface area (Å²) >= 11 is 0. The summed E-state index contributed by atoms with van der Waals surface area (Å²) in [6.45, 7) is 1.02. The summed E-state index contributed by atoms with van der Waals surface area (Å²) in [5, 5.41) is 0. The highest BCUT2D eigenvalue weighted by Gasteiger charge is 2.37. The van der Waals surface area contributed by atoms with Crippen molar-refractivity contribution in [2.75, 3.05) is 13.1 Å². The Morgan fingerprint density at radius 2 is 1.75 bits per heavy atom. The Morgan fingerprint density at radius 1 is 1.07 bits per heavy atom. The number of hydrogen-bond acceptors (Lipinski definition) is 5. The van der Waals surface area contributed by atoms with Gasteiger partial charge in [-0.05, 0) is 11.1 Å². The number of likely N-dealkylation sites (tertiary alicyclic amines) is 1. The summed E-state index contributed by atoms with van der Waals surface area (Å²) < 4.78 is 11.0. The van der Waals surface area contributed by atoms with Gasteiger partial charge in [0.2, 0.25) is 0 Å². The number of hydrogen-bond donors (Lipinski definition) is 0. The van der Waals surface area contributed by atoms with Gasteiger partial charge in [-0.25, -0.2) is 9.59 Å². The van der Waals surface area contributed by atoms with E-state index in [4.69, 9.17) is 9.47 Å². The van der Waals surface area contributed by atoms with Gasteiger partial charge in [-0.2, -0.15) is 0 Å². The Bertz CT molecular complexity index is 867. The van der Waals surface area contributed by atoms with Crippen LogP contribution in [0.2, 0.25) is 0 Å². The molecule has 2 atom stereocenters. The molecule has 144 valence electrons. The van der Waals surface area contributed by atoms with E-state index in [1.807, 2.05) is 60.7 Å². The van der Waals surface area contributed by atoms with Crippen molar-refractivity contribution in [1.82, 2.24) is 4.90 Å². The van der Waals surface area contributed by atoms with Gasteiger partial charge < -0.3 is 14.4 Å². The molecule has 0 radical (unpaired) electrons. The number of ether oxygens (including phenoxy) is 2. The number of piperidine rings is 1. The number of carbonyl (C=O) groups is 2. The molecule has 0 spiro atoms. The smallest absolute Gasteiger partial charge is 0.410 e. The van der Waals surface area contributed by atoms with E-state index < -0.39 is 18.2 Å². The molecule has 0 aliphatic carbocycles. The second-order valence-electron chi connectivity index (χ2n) is 6.99. The normalized spacial score (nSPS) is 21.4. The molecule has 0 saturated carbocycles. The van der Waals surface area contributed by atoms with Gasteiger partial charge in [0.25, 0.3) is 0 Å². The van der Waals surface area contributed by atoms with E-state index in [1.165, 1.54) is 0 Å². The van der Waals surface area contributed by atoms with Gasteiger partial charge in [0, 0.05) is 19.4 Å². The maximum absolute atomic E-state index is 12.4. The van der Waals surface area contributed by atoms with Crippen LogP contribution in [-0.2, 0) is 27.3 Å². The molecule has 0 bridgehead atoms. The van der Waals surface area contributed by atoms with Gasteiger partial charge >= 0.3 is 12.1 Å². The third-order valence-electron chi connectivity index (χ3n) is 4.98. The van der Waals surface area contributed by atoms with Crippen molar-refractivity contribution in [2.24, 2.45) is 4.99 Å². The van der Waals surface area contributed by atoms with Crippen molar-refractivity contribution < 1.29 is 19.1 Å². The van der Waals surface area contributed by atoms with E-state index in [9.17, 15) is 9.59 Å². The maximum atomic E-state index is 12.4. The quantitative estimate of drug-likeness (QED) is 0.767. The van der Waals surface area contributed by atoms with Gasteiger partial charge in [0.05, 0.1) is 12.3 Å². The molecule has 28 heavy (non-hydrogen) atoms. The fourth-order valence-electron chi connectivity index (χ4n) is 3.47. The molecule has 2 aliphatic heterocycles. The zero-order valence-corrected chi connectivity index (χ0v) is 15.5. The van der Waals surface area contributed by atoms with Gasteiger partial charge in [0.1, 0.15) is 6.61 Å². The molecule has 2 aliphatic rings. The Balaban J connectivity index is 1.35. The largest absolute Gasteiger partial charge is 0.453 e. The van der Waals surface area contributed by atoms with Crippen LogP contribution in [0.15, 0.2) is 65.7 Å². The van der Waals surface area contributed by atoms with Crippen LogP contribution < -0.4 is 0 Å². The summed E-state index contributed by atoms with van der Waals surface area (Å²) in [4.78, 5) is 30.9. The fourth-order valence-corrected chi connectivity index (χ4v) is 3.47. The highest BCUT2D eigenvalue weighted by atomic mass is 16.6. The minimum atomic E-state index is -0.509. The molecule has 2 heterocycles. The summed E-state index contributed by atoms with van der Waals surface area (Å²) in [5.41, 5.74) is 2.84. The average molecular weight is 378 g/mol. The van der Waals surface area contributed by atoms with E-state index in [-0.39, 0.29) is 19.1 Å². The first-order valence-corrected chi connectivity index (χ1v) is 9.45. The third-order valence-corrected chi connectivity index (χ3v) is 4.98. The summed E-state index contributed by atoms with van der Waals surface area (Å²) in [5.74, 6) is -0.336. The van der Waals surface area contributed by atoms with Crippen LogP contribution >= 0.6 is 0 Å². The Kier molecular flexibility index (Phi) is 5.37. The number of rotatable bonds is 4. The Morgan fingerprint density at radius 3 is 2.46 bits per heavy atom. The van der Waals surface area contributed by atoms with Crippen molar-refractivity contribution in [1.29, 1.82) is 0 Å². The van der Waals surface area contributed by atoms with E-state index >= 15 is 0 Å². The van der Waals surface area contributed by atoms with Gasteiger partial charge in [-0.1, -0.05) is 60.7 Å². The van der Waals surface area contributed by atoms with E-state index in [2.05, 4.69) is 4.99 Å². The third kappa shape index (κ3) is 4.22. The van der Waals surface area contributed by atoms with Gasteiger partial charge in [-0.3, -0.25) is 4.99 Å². The molecule has 0 N–H and O–H groups in total. The zero-order chi connectivity index (χ0) is 19.3. The van der Waals surface area contributed by atoms with E-state index in [1.54, 1.807) is 4.90 Å². The van der Waals surface area contributed by atoms with Crippen LogP contribution in [0, 0.1) is 0 Å². The maximum Gasteiger partial charge on any atom is 0.410 e. The highest BCUT2D eigenvalue weighted by molar-refractivity contribution is 5.97. The van der Waals surface area contributed by atoms with Crippen molar-refractivity contribution >= 4 is 17.8 Å². The van der Waals surface area contributed by atoms with Crippen LogP contribution in [0.3, 0.4) is 0 Å². The molecule has 1 saturated heterocycles. The number of esters is 1. The molecule has 4 rings (SSSR count). The molecule has 0 aromatic heterocycles. The number of nitrogens with zero attached hydrogens (tertiary/aromatic N) is 2. The molecule has 6 nitrogen and oxygen atoms in total. The van der Waals surface area contributed by atoms with Crippen molar-refractivity contribution in [3.05, 3.63) is 71.8 Å². The molecule has 1 amide bonds. The van der Waals surface area contributed by atoms with Crippen LogP contribution in [0.1, 0.15) is 17.5 Å². The first kappa shape index (κ1) is 18.2. The Labute approximate surface area is 163 Å². The monoisotopic (exact) mass is 378 g/mol. The molecule has 2 aromatic rings. The van der Waals surface area contributed by atoms with Crippen molar-refractivity contribution in [2.45, 2.75) is 31.6 Å². The molecule has 1 unspecified atom stereocenters. The fraction of sp³-hybridized carbons (Fsp3) is 0.318. The molecule has 2 aromatic carbocycles. The number of fused-ring (bicyclic) bond motifs is 1. The minimum absolute atomic E-state index is 0.223. The first-order chi connectivity index (χ1) is 13.7. The molecular weight excluding hydrogens is 356 g/mol. The average Bonchev–Trinajstić information content (AvgIpc) is 2.74. The van der Waals surface area contributed by atoms with Crippen LogP contribution in [0.4, 0.5) is 4.79 Å². The van der Waals surface area contributed by atoms with Gasteiger partial charge in [0.15, 0.2) is 12.1 Å². The second kappa shape index (κ2) is 8.25. The van der Waals surface area contributed by atoms with Crippen LogP contribution in [0.5, 0.6) is 0 Å². The van der Waals surface area contributed by atoms with E-state index in [0.29, 0.717) is 19.4 Å². The number of amides is 1. The lowest BCUT2D eigenvalue weighted by atomic mass is 10.0. The number of aliphatic imine (C=N–C) groups is 1. The van der Waals surface area contributed by atoms with Crippen LogP contribution in [-0.4, -0.2) is 47.9 Å². The Hall–Kier alpha value is -3.15. The molecule has 6 heteroatoms. The van der Waals surface area contributed by atoms with E-state index in [0.717, 1.165) is 16.8 Å². The predicted molar refractivity (Wildman–Crippen MR) is 104 cm³/mol. The number of carbonyl (C=O) groups excluding carboxylic acids is 2. The van der Waals surface area contributed by atoms with Crippen molar-refractivity contribution in [3.8, 4) is 0 Å². The minimum Gasteiger partial charge on any atom is -0.453 e. The molecule has 1 fully saturated rings. The number of benzene rings is 2. The summed E-state index contributed by atoms with van der Waals surface area (Å²) in [6, 6.07) is 18.8. The first-order valence-electron chi connectivity index (χ1n) is 9.45. The SMILES string of the molecule is O=C1OC2CN(C(=O)OCc3ccccc3)CCC2=N[C@H]1Cc1ccccc1. The summed E-state index contributed by atoms with van der Waals surface area (Å²) in [7, 11) is 0. The van der Waals surface area contributed by atoms with Gasteiger partial charge in [-0.15, -0.1) is 0 Å². The lowest BCUT2D eigenvalue weighted by Crippen LogP contribution is -2.52. The lowest BCUT2D eigenvalue weighted by molar-refractivity contribution is -0.150. The molecular formula is C22H22N2O4. The topological polar surface area (TPSA) is 68.2 Å². The second-order valence-corrected chi connectivity index (χ2v) is 6.99. The zero-order valence-electron chi connectivity index (χ0n) is 15.5. The standard InChI is InChI=1S/C22H22N2O4/c25-21-19(13-16-7-3-1-4-8-16)23-18-11-12-24(14-20(18)28-21)22(26)27-15-17-9-5-2-6-10-17/h1-10,19-20H,11-15H2/t19-,20?/m0/s1. The predicted octanol–water partition coefficient (Wildman–Crippen LogP) is 3.01. The van der Waals surface area contributed by atoms with Crippen molar-refractivity contribution in [3.63, 3.8) is 0 Å². The highest BCUT2D eigenvalue weighted by Crippen LogP contribution is 2.21. The lowest BCUT2D eigenvalue weighted by Gasteiger charge is -2.36. The summed E-state index contributed by atoms with van der Waals surface area (Å²) in [6.07, 6.45) is 0.241. The van der Waals surface area contributed by atoms with Crippen LogP contribution in [0.25, 0.3) is 0 Å².